The molecule has 0 saturated heterocycles. The van der Waals surface area contributed by atoms with Gasteiger partial charge >= 0.3 is 0 Å². The summed E-state index contributed by atoms with van der Waals surface area (Å²) in [7, 11) is 4.01. The number of benzene rings is 2. The number of halogens is 1. The van der Waals surface area contributed by atoms with Gasteiger partial charge in [0.05, 0.1) is 11.7 Å². The van der Waals surface area contributed by atoms with Crippen LogP contribution in [0.2, 0.25) is 0 Å². The number of rotatable bonds is 8. The smallest absolute Gasteiger partial charge is 0.221 e. The number of nitrogens with zero attached hydrogens (tertiary/aromatic N) is 2. The van der Waals surface area contributed by atoms with E-state index in [0.717, 1.165) is 22.9 Å². The van der Waals surface area contributed by atoms with E-state index in [4.69, 9.17) is 5.73 Å². The molecule has 2 unspecified atom stereocenters. The maximum atomic E-state index is 13.6. The zero-order valence-corrected chi connectivity index (χ0v) is 16.5. The van der Waals surface area contributed by atoms with Crippen LogP contribution in [0.3, 0.4) is 0 Å². The fraction of sp³-hybridized carbons (Fsp3) is 0.364. The fourth-order valence-electron chi connectivity index (χ4n) is 3.75. The average Bonchev–Trinajstić information content (AvgIpc) is 3.11. The number of carbonyl (C=O) groups is 1. The highest BCUT2D eigenvalue weighted by Gasteiger charge is 2.29. The van der Waals surface area contributed by atoms with Gasteiger partial charge in [0, 0.05) is 17.3 Å². The first-order valence-corrected chi connectivity index (χ1v) is 9.48. The Labute approximate surface area is 164 Å². The van der Waals surface area contributed by atoms with Gasteiger partial charge in [-0.25, -0.2) is 4.39 Å². The predicted molar refractivity (Wildman–Crippen MR) is 109 cm³/mol. The zero-order chi connectivity index (χ0) is 20.3. The molecule has 0 radical (unpaired) electrons. The number of aromatic nitrogens is 2. The fourth-order valence-corrected chi connectivity index (χ4v) is 3.75. The number of carbonyl (C=O) groups excluding carboxylic acids is 1. The Balaban J connectivity index is 1.80. The molecule has 3 aromatic rings. The Morgan fingerprint density at radius 2 is 2.04 bits per heavy atom. The molecule has 0 aliphatic rings. The molecule has 28 heavy (non-hydrogen) atoms. The van der Waals surface area contributed by atoms with Crippen molar-refractivity contribution < 1.29 is 9.18 Å². The molecule has 1 aromatic heterocycles. The van der Waals surface area contributed by atoms with E-state index in [1.54, 1.807) is 6.07 Å². The lowest BCUT2D eigenvalue weighted by molar-refractivity contribution is -0.123. The summed E-state index contributed by atoms with van der Waals surface area (Å²) in [6, 6.07) is 12.7. The number of hydrogen-bond donors (Lipinski definition) is 2. The number of hydrogen-bond acceptors (Lipinski definition) is 3. The average molecular weight is 382 g/mol. The number of nitrogens with two attached hydrogens (primary N) is 1. The third-order valence-corrected chi connectivity index (χ3v) is 5.58. The quantitative estimate of drug-likeness (QED) is 0.626. The maximum absolute atomic E-state index is 13.6. The van der Waals surface area contributed by atoms with Crippen molar-refractivity contribution in [2.45, 2.75) is 31.7 Å². The molecule has 3 rings (SSSR count). The lowest BCUT2D eigenvalue weighted by Crippen LogP contribution is -2.38. The van der Waals surface area contributed by atoms with E-state index < -0.39 is 0 Å². The molecule has 6 heteroatoms. The van der Waals surface area contributed by atoms with Crippen LogP contribution in [-0.4, -0.2) is 41.1 Å². The van der Waals surface area contributed by atoms with Crippen molar-refractivity contribution >= 4 is 16.8 Å². The van der Waals surface area contributed by atoms with Crippen LogP contribution in [0, 0.1) is 11.7 Å². The minimum atomic E-state index is -0.383. The van der Waals surface area contributed by atoms with E-state index in [9.17, 15) is 9.18 Å². The van der Waals surface area contributed by atoms with E-state index >= 15 is 0 Å². The third-order valence-electron chi connectivity index (χ3n) is 5.58. The lowest BCUT2D eigenvalue weighted by atomic mass is 9.81. The highest BCUT2D eigenvalue weighted by Crippen LogP contribution is 2.30. The number of fused-ring (bicyclic) bond motifs is 1. The van der Waals surface area contributed by atoms with Crippen molar-refractivity contribution in [1.82, 2.24) is 15.1 Å². The van der Waals surface area contributed by atoms with Crippen molar-refractivity contribution in [1.29, 1.82) is 0 Å². The van der Waals surface area contributed by atoms with Crippen molar-refractivity contribution in [2.24, 2.45) is 11.7 Å². The molecule has 3 N–H and O–H groups in total. The van der Waals surface area contributed by atoms with Crippen molar-refractivity contribution in [3.63, 3.8) is 0 Å². The van der Waals surface area contributed by atoms with Gasteiger partial charge in [0.15, 0.2) is 0 Å². The van der Waals surface area contributed by atoms with Gasteiger partial charge in [-0.15, -0.1) is 0 Å². The molecular formula is C22H27FN4O. The van der Waals surface area contributed by atoms with E-state index in [2.05, 4.69) is 27.2 Å². The molecule has 148 valence electrons. The Bertz CT molecular complexity index is 952. The molecule has 0 saturated carbocycles. The van der Waals surface area contributed by atoms with E-state index in [1.807, 2.05) is 39.3 Å². The molecule has 2 aromatic carbocycles. The van der Waals surface area contributed by atoms with Crippen molar-refractivity contribution in [3.05, 3.63) is 65.6 Å². The van der Waals surface area contributed by atoms with Crippen LogP contribution in [0.4, 0.5) is 4.39 Å². The molecule has 5 nitrogen and oxygen atoms in total. The topological polar surface area (TPSA) is 75.0 Å². The molecule has 0 spiro atoms. The normalized spacial score (nSPS) is 14.9. The lowest BCUT2D eigenvalue weighted by Gasteiger charge is -2.30. The van der Waals surface area contributed by atoms with Crippen LogP contribution in [-0.2, 0) is 11.2 Å². The van der Waals surface area contributed by atoms with Crippen molar-refractivity contribution in [2.75, 3.05) is 14.1 Å². The molecule has 3 atom stereocenters. The number of aromatic amines is 1. The molecule has 0 bridgehead atoms. The van der Waals surface area contributed by atoms with Crippen LogP contribution < -0.4 is 5.73 Å². The second kappa shape index (κ2) is 8.52. The summed E-state index contributed by atoms with van der Waals surface area (Å²) in [5.41, 5.74) is 8.72. The van der Waals surface area contributed by atoms with Gasteiger partial charge in [0.2, 0.25) is 5.91 Å². The summed E-state index contributed by atoms with van der Waals surface area (Å²) in [6.45, 7) is 1.94. The molecule has 0 aliphatic heterocycles. The third kappa shape index (κ3) is 4.57. The van der Waals surface area contributed by atoms with Gasteiger partial charge in [-0.3, -0.25) is 9.89 Å². The van der Waals surface area contributed by atoms with Gasteiger partial charge in [-0.1, -0.05) is 25.1 Å². The summed E-state index contributed by atoms with van der Waals surface area (Å²) < 4.78 is 13.6. The summed E-state index contributed by atoms with van der Waals surface area (Å²) >= 11 is 0. The van der Waals surface area contributed by atoms with Crippen molar-refractivity contribution in [3.8, 4) is 0 Å². The predicted octanol–water partition coefficient (Wildman–Crippen LogP) is 3.47. The highest BCUT2D eigenvalue weighted by atomic mass is 19.1. The van der Waals surface area contributed by atoms with Gasteiger partial charge in [0.1, 0.15) is 5.82 Å². The van der Waals surface area contributed by atoms with E-state index in [-0.39, 0.29) is 29.6 Å². The van der Waals surface area contributed by atoms with Crippen LogP contribution in [0.1, 0.15) is 30.4 Å². The molecule has 0 fully saturated rings. The van der Waals surface area contributed by atoms with Crippen LogP contribution in [0.15, 0.2) is 48.7 Å². The zero-order valence-electron chi connectivity index (χ0n) is 16.5. The minimum absolute atomic E-state index is 0.123. The SMILES string of the molecule is CC(c1cccc(F)c1)C(C[C@@H](Cc1ccc2[nH]ncc2c1)N(C)C)C(N)=O. The maximum Gasteiger partial charge on any atom is 0.221 e. The standard InChI is InChI=1S/C22H27FN4O/c1-14(16-5-4-6-18(23)11-16)20(22(24)28)12-19(27(2)3)10-15-7-8-21-17(9-15)13-25-26-21/h4-9,11,13-14,19-20H,10,12H2,1-3H3,(H2,24,28)(H,25,26)/t14?,19-,20?/m1/s1. The van der Waals surface area contributed by atoms with Gasteiger partial charge in [-0.2, -0.15) is 5.10 Å². The molecule has 0 aliphatic carbocycles. The highest BCUT2D eigenvalue weighted by molar-refractivity contribution is 5.79. The van der Waals surface area contributed by atoms with Gasteiger partial charge < -0.3 is 10.6 Å². The van der Waals surface area contributed by atoms with Crippen LogP contribution in [0.5, 0.6) is 0 Å². The summed E-state index contributed by atoms with van der Waals surface area (Å²) in [6.07, 6.45) is 3.19. The van der Waals surface area contributed by atoms with E-state index in [0.29, 0.717) is 6.42 Å². The second-order valence-corrected chi connectivity index (χ2v) is 7.70. The first-order chi connectivity index (χ1) is 13.3. The number of nitrogens with one attached hydrogen (secondary N) is 1. The summed E-state index contributed by atoms with van der Waals surface area (Å²) in [5, 5.41) is 8.08. The Morgan fingerprint density at radius 3 is 2.71 bits per heavy atom. The molecule has 1 heterocycles. The number of likely N-dealkylation sites (N-methyl/N-ethyl adjacent to an activating group) is 1. The number of H-pyrrole nitrogens is 1. The Hall–Kier alpha value is -2.73. The number of primary amides is 1. The Morgan fingerprint density at radius 1 is 1.25 bits per heavy atom. The summed E-state index contributed by atoms with van der Waals surface area (Å²) in [5.74, 6) is -1.20. The number of amides is 1. The molecule has 1 amide bonds. The van der Waals surface area contributed by atoms with Gasteiger partial charge in [0.25, 0.3) is 0 Å². The largest absolute Gasteiger partial charge is 0.369 e. The van der Waals surface area contributed by atoms with Crippen LogP contribution in [0.25, 0.3) is 10.9 Å². The first kappa shape index (κ1) is 20.0. The van der Waals surface area contributed by atoms with Gasteiger partial charge in [-0.05, 0) is 68.2 Å². The molecular weight excluding hydrogens is 355 g/mol. The minimum Gasteiger partial charge on any atom is -0.369 e. The van der Waals surface area contributed by atoms with Crippen LogP contribution >= 0.6 is 0 Å². The Kier molecular flexibility index (Phi) is 6.09. The van der Waals surface area contributed by atoms with E-state index in [1.165, 1.54) is 17.7 Å². The monoisotopic (exact) mass is 382 g/mol. The second-order valence-electron chi connectivity index (χ2n) is 7.70. The summed E-state index contributed by atoms with van der Waals surface area (Å²) in [4.78, 5) is 14.4. The first-order valence-electron chi connectivity index (χ1n) is 9.48.